The van der Waals surface area contributed by atoms with Crippen molar-refractivity contribution in [3.05, 3.63) is 0 Å². The Bertz CT molecular complexity index is 234. The van der Waals surface area contributed by atoms with Gasteiger partial charge in [-0.15, -0.1) is 0 Å². The molecule has 10 heavy (non-hydrogen) atoms. The van der Waals surface area contributed by atoms with E-state index >= 15 is 0 Å². The van der Waals surface area contributed by atoms with Gasteiger partial charge in [0.1, 0.15) is 0 Å². The van der Waals surface area contributed by atoms with Gasteiger partial charge in [0, 0.05) is 0 Å². The van der Waals surface area contributed by atoms with Crippen LogP contribution in [-0.4, -0.2) is 37.2 Å². The van der Waals surface area contributed by atoms with E-state index in [-0.39, 0.29) is 0 Å². The van der Waals surface area contributed by atoms with E-state index in [1.807, 2.05) is 0 Å². The second-order valence-corrected chi connectivity index (χ2v) is 2.00. The second-order valence-electron chi connectivity index (χ2n) is 1.36. The van der Waals surface area contributed by atoms with Crippen LogP contribution in [0.2, 0.25) is 0 Å². The van der Waals surface area contributed by atoms with Gasteiger partial charge in [0.15, 0.2) is 6.04 Å². The molecule has 7 heteroatoms. The molecule has 0 saturated heterocycles. The summed E-state index contributed by atoms with van der Waals surface area (Å²) in [5.41, 5.74) is 0. The van der Waals surface area contributed by atoms with Gasteiger partial charge in [0.05, 0.1) is 6.61 Å². The molecule has 0 aromatic carbocycles. The summed E-state index contributed by atoms with van der Waals surface area (Å²) in [6.07, 6.45) is 0. The number of aliphatic hydroxyl groups excluding tert-OH is 1. The summed E-state index contributed by atoms with van der Waals surface area (Å²) < 4.78 is 22.1. The largest absolute Gasteiger partial charge is 0.480 e. The van der Waals surface area contributed by atoms with Gasteiger partial charge in [0.25, 0.3) is 0 Å². The molecule has 0 aliphatic carbocycles. The molecule has 0 bridgehead atoms. The van der Waals surface area contributed by atoms with Gasteiger partial charge in [0.2, 0.25) is 0 Å². The lowest BCUT2D eigenvalue weighted by Gasteiger charge is -1.95. The first-order chi connectivity index (χ1) is 4.57. The standard InChI is InChI=1S/C3H5NO5S/c5-1-2(3(6)7)4-10(8)9/h2,5H,1H2,(H,6,7)/t2-/m0/s1. The van der Waals surface area contributed by atoms with Crippen molar-refractivity contribution in [2.24, 2.45) is 4.36 Å². The molecule has 0 heterocycles. The average Bonchev–Trinajstić information content (AvgIpc) is 1.81. The van der Waals surface area contributed by atoms with Crippen molar-refractivity contribution in [1.82, 2.24) is 0 Å². The highest BCUT2D eigenvalue weighted by atomic mass is 32.2. The Morgan fingerprint density at radius 3 is 2.20 bits per heavy atom. The lowest BCUT2D eigenvalue weighted by atomic mass is 10.3. The summed E-state index contributed by atoms with van der Waals surface area (Å²) in [6.45, 7) is -0.816. The fourth-order valence-electron chi connectivity index (χ4n) is 0.260. The molecule has 58 valence electrons. The fourth-order valence-corrected chi connectivity index (χ4v) is 0.625. The molecule has 6 nitrogen and oxygen atoms in total. The van der Waals surface area contributed by atoms with Crippen LogP contribution in [0.1, 0.15) is 0 Å². The Morgan fingerprint density at radius 1 is 1.60 bits per heavy atom. The van der Waals surface area contributed by atoms with Crippen molar-refractivity contribution in [3.8, 4) is 0 Å². The Morgan fingerprint density at radius 2 is 2.10 bits per heavy atom. The molecule has 0 rings (SSSR count). The molecule has 0 amide bonds. The minimum Gasteiger partial charge on any atom is -0.480 e. The van der Waals surface area contributed by atoms with E-state index in [1.165, 1.54) is 0 Å². The minimum absolute atomic E-state index is 0.816. The number of aliphatic carboxylic acids is 1. The minimum atomic E-state index is -2.78. The van der Waals surface area contributed by atoms with Gasteiger partial charge in [-0.1, -0.05) is 0 Å². The molecule has 0 fully saturated rings. The molecule has 2 N–H and O–H groups in total. The van der Waals surface area contributed by atoms with E-state index in [0.717, 1.165) is 0 Å². The first-order valence-electron chi connectivity index (χ1n) is 2.21. The smallest absolute Gasteiger partial charge is 0.332 e. The van der Waals surface area contributed by atoms with Crippen molar-refractivity contribution < 1.29 is 23.4 Å². The second kappa shape index (κ2) is 3.96. The molecular formula is C3H5NO5S. The van der Waals surface area contributed by atoms with Crippen LogP contribution in [0.25, 0.3) is 0 Å². The van der Waals surface area contributed by atoms with Crippen molar-refractivity contribution >= 4 is 16.5 Å². The summed E-state index contributed by atoms with van der Waals surface area (Å²) in [4.78, 5) is 9.94. The van der Waals surface area contributed by atoms with E-state index < -0.39 is 29.1 Å². The van der Waals surface area contributed by atoms with Crippen molar-refractivity contribution in [2.75, 3.05) is 6.61 Å². The lowest BCUT2D eigenvalue weighted by molar-refractivity contribution is -0.139. The third kappa shape index (κ3) is 3.15. The Kier molecular flexibility index (Phi) is 3.59. The Balaban J connectivity index is 4.39. The highest BCUT2D eigenvalue weighted by molar-refractivity contribution is 7.61. The topological polar surface area (TPSA) is 104 Å². The summed E-state index contributed by atoms with van der Waals surface area (Å²) in [7, 11) is -2.78. The number of nitrogens with zero attached hydrogens (tertiary/aromatic N) is 1. The SMILES string of the molecule is O=C(O)[C@H](CO)N=S(=O)=O. The number of carbonyl (C=O) groups is 1. The molecule has 0 aliphatic heterocycles. The van der Waals surface area contributed by atoms with E-state index in [1.54, 1.807) is 0 Å². The number of hydrogen-bond acceptors (Lipinski definition) is 5. The molecule has 0 radical (unpaired) electrons. The molecule has 0 spiro atoms. The van der Waals surface area contributed by atoms with Gasteiger partial charge in [-0.25, -0.2) is 4.79 Å². The number of aliphatic hydroxyl groups is 1. The average molecular weight is 167 g/mol. The number of hydrogen-bond donors (Lipinski definition) is 2. The third-order valence-electron chi connectivity index (χ3n) is 0.671. The normalized spacial score (nSPS) is 12.1. The lowest BCUT2D eigenvalue weighted by Crippen LogP contribution is -2.21. The predicted octanol–water partition coefficient (Wildman–Crippen LogP) is -1.51. The van der Waals surface area contributed by atoms with Gasteiger partial charge >= 0.3 is 16.5 Å². The fraction of sp³-hybridized carbons (Fsp3) is 0.667. The summed E-state index contributed by atoms with van der Waals surface area (Å²) in [5.74, 6) is -1.47. The third-order valence-corrected chi connectivity index (χ3v) is 1.10. The van der Waals surface area contributed by atoms with Crippen LogP contribution in [0.15, 0.2) is 4.36 Å². The van der Waals surface area contributed by atoms with Crippen LogP contribution in [0.3, 0.4) is 0 Å². The number of rotatable bonds is 3. The highest BCUT2D eigenvalue weighted by Gasteiger charge is 2.14. The van der Waals surface area contributed by atoms with E-state index in [9.17, 15) is 13.2 Å². The van der Waals surface area contributed by atoms with Crippen LogP contribution in [0, 0.1) is 0 Å². The zero-order valence-electron chi connectivity index (χ0n) is 4.76. The molecule has 1 atom stereocenters. The van der Waals surface area contributed by atoms with Crippen LogP contribution < -0.4 is 0 Å². The molecule has 0 saturated carbocycles. The van der Waals surface area contributed by atoms with Gasteiger partial charge in [-0.2, -0.15) is 12.8 Å². The maximum atomic E-state index is 9.94. The Labute approximate surface area is 57.8 Å². The monoisotopic (exact) mass is 167 g/mol. The van der Waals surface area contributed by atoms with Crippen molar-refractivity contribution in [2.45, 2.75) is 6.04 Å². The Hall–Kier alpha value is -0.950. The van der Waals surface area contributed by atoms with Crippen molar-refractivity contribution in [1.29, 1.82) is 0 Å². The molecule has 0 unspecified atom stereocenters. The van der Waals surface area contributed by atoms with Crippen LogP contribution in [-0.2, 0) is 15.3 Å². The van der Waals surface area contributed by atoms with E-state index in [0.29, 0.717) is 0 Å². The first kappa shape index (κ1) is 9.05. The number of carboxylic acids is 1. The number of carboxylic acid groups (broad SMARTS) is 1. The van der Waals surface area contributed by atoms with Crippen LogP contribution >= 0.6 is 0 Å². The predicted molar refractivity (Wildman–Crippen MR) is 29.9 cm³/mol. The van der Waals surface area contributed by atoms with Crippen LogP contribution in [0.4, 0.5) is 0 Å². The van der Waals surface area contributed by atoms with E-state index in [4.69, 9.17) is 10.2 Å². The van der Waals surface area contributed by atoms with E-state index in [2.05, 4.69) is 4.36 Å². The van der Waals surface area contributed by atoms with Gasteiger partial charge in [-0.05, 0) is 0 Å². The quantitative estimate of drug-likeness (QED) is 0.532. The maximum Gasteiger partial charge on any atom is 0.332 e. The molecule has 0 aromatic heterocycles. The molecular weight excluding hydrogens is 162 g/mol. The summed E-state index contributed by atoms with van der Waals surface area (Å²) >= 11 is 0. The highest BCUT2D eigenvalue weighted by Crippen LogP contribution is 1.87. The van der Waals surface area contributed by atoms with Gasteiger partial charge in [-0.3, -0.25) is 0 Å². The maximum absolute atomic E-state index is 9.94. The first-order valence-corrected chi connectivity index (χ1v) is 3.25. The van der Waals surface area contributed by atoms with Crippen molar-refractivity contribution in [3.63, 3.8) is 0 Å². The zero-order chi connectivity index (χ0) is 8.15. The molecule has 0 aromatic rings. The molecule has 0 aliphatic rings. The summed E-state index contributed by atoms with van der Waals surface area (Å²) in [5, 5.41) is 16.3. The zero-order valence-corrected chi connectivity index (χ0v) is 5.58. The summed E-state index contributed by atoms with van der Waals surface area (Å²) in [6, 6.07) is -1.57. The van der Waals surface area contributed by atoms with Gasteiger partial charge < -0.3 is 10.2 Å². The van der Waals surface area contributed by atoms with Crippen LogP contribution in [0.5, 0.6) is 0 Å².